The summed E-state index contributed by atoms with van der Waals surface area (Å²) >= 11 is 2.68. The second-order valence-electron chi connectivity index (χ2n) is 7.97. The Morgan fingerprint density at radius 2 is 2.18 bits per heavy atom. The van der Waals surface area contributed by atoms with Gasteiger partial charge in [0.25, 0.3) is 0 Å². The number of amides is 1. The number of carbonyl (C=O) groups is 2. The number of nitrogens with zero attached hydrogens (tertiary/aromatic N) is 3. The Hall–Kier alpha value is -2.63. The number of esters is 1. The number of thiophene rings is 1. The number of aryl methyl sites for hydroxylation is 2. The molecular formula is C23H28N4O5S2. The summed E-state index contributed by atoms with van der Waals surface area (Å²) in [5, 5.41) is 12.8. The summed E-state index contributed by atoms with van der Waals surface area (Å²) in [4.78, 5) is 26.1. The highest BCUT2D eigenvalue weighted by atomic mass is 32.2. The Morgan fingerprint density at radius 3 is 2.82 bits per heavy atom. The van der Waals surface area contributed by atoms with Crippen LogP contribution in [-0.2, 0) is 27.2 Å². The van der Waals surface area contributed by atoms with Gasteiger partial charge in [-0.2, -0.15) is 0 Å². The first-order valence-corrected chi connectivity index (χ1v) is 13.0. The van der Waals surface area contributed by atoms with Crippen molar-refractivity contribution in [2.45, 2.75) is 57.8 Å². The van der Waals surface area contributed by atoms with E-state index in [0.29, 0.717) is 34.5 Å². The van der Waals surface area contributed by atoms with Crippen molar-refractivity contribution in [2.24, 2.45) is 0 Å². The molecule has 34 heavy (non-hydrogen) atoms. The largest absolute Gasteiger partial charge is 0.469 e. The van der Waals surface area contributed by atoms with E-state index in [1.165, 1.54) is 30.2 Å². The molecule has 4 rings (SSSR count). The molecule has 0 aromatic carbocycles. The van der Waals surface area contributed by atoms with Crippen LogP contribution in [0.25, 0.3) is 11.4 Å². The van der Waals surface area contributed by atoms with Crippen LogP contribution < -0.4 is 5.32 Å². The monoisotopic (exact) mass is 504 g/mol. The van der Waals surface area contributed by atoms with Crippen LogP contribution in [0, 0.1) is 13.8 Å². The second-order valence-corrected chi connectivity index (χ2v) is 10.1. The third kappa shape index (κ3) is 5.06. The molecule has 1 amide bonds. The normalized spacial score (nSPS) is 15.6. The van der Waals surface area contributed by atoms with Gasteiger partial charge in [-0.1, -0.05) is 18.7 Å². The molecule has 9 nitrogen and oxygen atoms in total. The van der Waals surface area contributed by atoms with Crippen molar-refractivity contribution in [1.29, 1.82) is 0 Å². The molecule has 11 heteroatoms. The summed E-state index contributed by atoms with van der Waals surface area (Å²) in [5.74, 6) is 0.893. The summed E-state index contributed by atoms with van der Waals surface area (Å²) in [6.45, 7) is 7.15. The first-order valence-electron chi connectivity index (χ1n) is 11.1. The quantitative estimate of drug-likeness (QED) is 0.336. The van der Waals surface area contributed by atoms with E-state index in [2.05, 4.69) is 15.5 Å². The molecule has 182 valence electrons. The van der Waals surface area contributed by atoms with Gasteiger partial charge in [0.1, 0.15) is 10.8 Å². The highest BCUT2D eigenvalue weighted by Gasteiger charge is 2.25. The maximum absolute atomic E-state index is 12.8. The van der Waals surface area contributed by atoms with E-state index in [1.807, 2.05) is 31.4 Å². The van der Waals surface area contributed by atoms with Gasteiger partial charge in [0.2, 0.25) is 5.91 Å². The van der Waals surface area contributed by atoms with Crippen molar-refractivity contribution < 1.29 is 23.5 Å². The van der Waals surface area contributed by atoms with Gasteiger partial charge in [0.15, 0.2) is 11.0 Å². The number of anilines is 1. The van der Waals surface area contributed by atoms with Crippen LogP contribution >= 0.6 is 23.1 Å². The van der Waals surface area contributed by atoms with Crippen molar-refractivity contribution in [1.82, 2.24) is 14.8 Å². The molecule has 0 spiro atoms. The second kappa shape index (κ2) is 10.7. The number of furan rings is 1. The molecule has 0 radical (unpaired) electrons. The van der Waals surface area contributed by atoms with E-state index in [1.54, 1.807) is 6.26 Å². The molecular weight excluding hydrogens is 476 g/mol. The minimum absolute atomic E-state index is 0.0827. The zero-order valence-electron chi connectivity index (χ0n) is 19.7. The highest BCUT2D eigenvalue weighted by Crippen LogP contribution is 2.34. The van der Waals surface area contributed by atoms with Gasteiger partial charge in [-0.3, -0.25) is 9.36 Å². The minimum Gasteiger partial charge on any atom is -0.469 e. The highest BCUT2D eigenvalue weighted by molar-refractivity contribution is 7.99. The predicted octanol–water partition coefficient (Wildman–Crippen LogP) is 4.48. The number of methoxy groups -OCH3 is 1. The van der Waals surface area contributed by atoms with Crippen molar-refractivity contribution in [3.63, 3.8) is 0 Å². The van der Waals surface area contributed by atoms with Gasteiger partial charge in [-0.05, 0) is 44.7 Å². The van der Waals surface area contributed by atoms with Gasteiger partial charge < -0.3 is 19.2 Å². The molecule has 0 saturated carbocycles. The molecule has 1 fully saturated rings. The molecule has 3 aromatic heterocycles. The third-order valence-corrected chi connectivity index (χ3v) is 7.79. The fourth-order valence-corrected chi connectivity index (χ4v) is 5.97. The molecule has 1 atom stereocenters. The average molecular weight is 505 g/mol. The van der Waals surface area contributed by atoms with E-state index in [9.17, 15) is 9.59 Å². The van der Waals surface area contributed by atoms with Crippen molar-refractivity contribution in [2.75, 3.05) is 24.8 Å². The van der Waals surface area contributed by atoms with Crippen LogP contribution in [0.15, 0.2) is 21.9 Å². The Labute approximate surface area is 206 Å². The van der Waals surface area contributed by atoms with Gasteiger partial charge in [-0.25, -0.2) is 4.79 Å². The molecule has 1 aliphatic rings. The van der Waals surface area contributed by atoms with E-state index in [4.69, 9.17) is 13.9 Å². The van der Waals surface area contributed by atoms with E-state index >= 15 is 0 Å². The topological polar surface area (TPSA) is 108 Å². The zero-order chi connectivity index (χ0) is 24.2. The summed E-state index contributed by atoms with van der Waals surface area (Å²) < 4.78 is 18.2. The number of aromatic nitrogens is 3. The summed E-state index contributed by atoms with van der Waals surface area (Å²) in [7, 11) is 1.34. The van der Waals surface area contributed by atoms with Crippen LogP contribution in [0.4, 0.5) is 5.00 Å². The van der Waals surface area contributed by atoms with Crippen LogP contribution in [0.3, 0.4) is 0 Å². The Morgan fingerprint density at radius 1 is 1.35 bits per heavy atom. The van der Waals surface area contributed by atoms with Crippen molar-refractivity contribution >= 4 is 40.0 Å². The lowest BCUT2D eigenvalue weighted by molar-refractivity contribution is -0.113. The lowest BCUT2D eigenvalue weighted by Gasteiger charge is -2.14. The van der Waals surface area contributed by atoms with Gasteiger partial charge in [-0.15, -0.1) is 21.5 Å². The smallest absolute Gasteiger partial charge is 0.341 e. The predicted molar refractivity (Wildman–Crippen MR) is 131 cm³/mol. The Bertz CT molecular complexity index is 1180. The van der Waals surface area contributed by atoms with E-state index in [0.717, 1.165) is 41.2 Å². The molecule has 0 aliphatic carbocycles. The number of thioether (sulfide) groups is 1. The summed E-state index contributed by atoms with van der Waals surface area (Å²) in [5.41, 5.74) is 2.20. The fourth-order valence-electron chi connectivity index (χ4n) is 4.07. The molecule has 3 aromatic rings. The van der Waals surface area contributed by atoms with Crippen LogP contribution in [-0.4, -0.2) is 52.2 Å². The van der Waals surface area contributed by atoms with Crippen LogP contribution in [0.5, 0.6) is 0 Å². The third-order valence-electron chi connectivity index (χ3n) is 5.76. The maximum atomic E-state index is 12.8. The van der Waals surface area contributed by atoms with Crippen molar-refractivity contribution in [3.8, 4) is 11.4 Å². The molecule has 1 unspecified atom stereocenters. The maximum Gasteiger partial charge on any atom is 0.341 e. The number of ether oxygens (including phenoxy) is 2. The molecule has 4 heterocycles. The summed E-state index contributed by atoms with van der Waals surface area (Å²) in [6, 6.07) is 1.87. The molecule has 1 saturated heterocycles. The molecule has 1 aliphatic heterocycles. The van der Waals surface area contributed by atoms with Gasteiger partial charge in [0, 0.05) is 11.5 Å². The average Bonchev–Trinajstić information content (AvgIpc) is 3.60. The van der Waals surface area contributed by atoms with Gasteiger partial charge in [0.05, 0.1) is 42.9 Å². The van der Waals surface area contributed by atoms with E-state index < -0.39 is 5.97 Å². The fraction of sp³-hybridized carbons (Fsp3) is 0.478. The molecule has 0 bridgehead atoms. The number of nitrogens with one attached hydrogen (secondary N) is 1. The zero-order valence-corrected chi connectivity index (χ0v) is 21.3. The Balaban J connectivity index is 1.51. The number of carbonyl (C=O) groups excluding carboxylic acids is 2. The number of hydrogen-bond acceptors (Lipinski definition) is 9. The Kier molecular flexibility index (Phi) is 7.74. The first kappa shape index (κ1) is 24.5. The van der Waals surface area contributed by atoms with Crippen LogP contribution in [0.1, 0.15) is 46.3 Å². The summed E-state index contributed by atoms with van der Waals surface area (Å²) in [6.07, 6.45) is 4.39. The van der Waals surface area contributed by atoms with Gasteiger partial charge >= 0.3 is 5.97 Å². The minimum atomic E-state index is -0.444. The van der Waals surface area contributed by atoms with E-state index in [-0.39, 0.29) is 17.8 Å². The lowest BCUT2D eigenvalue weighted by atomic mass is 10.1. The standard InChI is InChI=1S/C23H28N4O5S2/c1-5-16-14(3)34-21(19(16)22(29)30-4)24-18(28)12-33-23-26-25-20(17-8-10-31-13(17)2)27(23)11-15-7-6-9-32-15/h8,10,15H,5-7,9,11-12H2,1-4H3,(H,24,28). The van der Waals surface area contributed by atoms with Crippen molar-refractivity contribution in [3.05, 3.63) is 34.1 Å². The number of hydrogen-bond donors (Lipinski definition) is 1. The van der Waals surface area contributed by atoms with Crippen LogP contribution in [0.2, 0.25) is 0 Å². The first-order chi connectivity index (χ1) is 16.4. The number of rotatable bonds is 9. The lowest BCUT2D eigenvalue weighted by Crippen LogP contribution is -2.18. The molecule has 1 N–H and O–H groups in total. The SMILES string of the molecule is CCc1c(C)sc(NC(=O)CSc2nnc(-c3ccoc3C)n2CC2CCCO2)c1C(=O)OC.